The van der Waals surface area contributed by atoms with Crippen molar-refractivity contribution in [2.24, 2.45) is 0 Å². The van der Waals surface area contributed by atoms with Gasteiger partial charge < -0.3 is 20.8 Å². The standard InChI is InChI=1S/C12H14N2O5/c15-9(12(18)19)6-13-10(16)7-14-11(17)8-4-2-1-3-5-8/h1-5,9,15H,6-7H2,(H,13,16)(H,14,17)(H,18,19)/t9-/m0/s1. The van der Waals surface area contributed by atoms with Gasteiger partial charge >= 0.3 is 5.97 Å². The summed E-state index contributed by atoms with van der Waals surface area (Å²) in [6, 6.07) is 8.34. The summed E-state index contributed by atoms with van der Waals surface area (Å²) in [7, 11) is 0. The average Bonchev–Trinajstić information content (AvgIpc) is 2.42. The molecule has 0 bridgehead atoms. The molecule has 102 valence electrons. The SMILES string of the molecule is O=C(CNC(=O)c1ccccc1)NC[C@H](O)C(=O)O. The van der Waals surface area contributed by atoms with Crippen LogP contribution in [0.15, 0.2) is 30.3 Å². The molecule has 0 fully saturated rings. The molecule has 0 saturated carbocycles. The molecule has 0 saturated heterocycles. The molecule has 0 unspecified atom stereocenters. The predicted molar refractivity (Wildman–Crippen MR) is 65.4 cm³/mol. The molecule has 1 rings (SSSR count). The molecule has 2 amide bonds. The van der Waals surface area contributed by atoms with Gasteiger partial charge in [-0.25, -0.2) is 4.79 Å². The van der Waals surface area contributed by atoms with Crippen molar-refractivity contribution in [3.63, 3.8) is 0 Å². The summed E-state index contributed by atoms with van der Waals surface area (Å²) >= 11 is 0. The summed E-state index contributed by atoms with van der Waals surface area (Å²) in [6.45, 7) is -0.699. The number of amides is 2. The Hall–Kier alpha value is -2.41. The van der Waals surface area contributed by atoms with E-state index in [1.165, 1.54) is 0 Å². The number of carboxylic acid groups (broad SMARTS) is 1. The highest BCUT2D eigenvalue weighted by molar-refractivity contribution is 5.96. The second-order valence-corrected chi connectivity index (χ2v) is 3.71. The second kappa shape index (κ2) is 7.12. The van der Waals surface area contributed by atoms with Crippen LogP contribution < -0.4 is 10.6 Å². The fourth-order valence-electron chi connectivity index (χ4n) is 1.21. The summed E-state index contributed by atoms with van der Waals surface area (Å²) in [5.74, 6) is -2.41. The number of carbonyl (C=O) groups excluding carboxylic acids is 2. The first-order valence-corrected chi connectivity index (χ1v) is 5.51. The highest BCUT2D eigenvalue weighted by atomic mass is 16.4. The van der Waals surface area contributed by atoms with Crippen LogP contribution in [0, 0.1) is 0 Å². The van der Waals surface area contributed by atoms with Crippen molar-refractivity contribution < 1.29 is 24.6 Å². The Morgan fingerprint density at radius 1 is 1.11 bits per heavy atom. The van der Waals surface area contributed by atoms with Gasteiger partial charge in [0, 0.05) is 5.56 Å². The summed E-state index contributed by atoms with van der Waals surface area (Å²) in [5, 5.41) is 21.9. The van der Waals surface area contributed by atoms with Crippen LogP contribution in [0.25, 0.3) is 0 Å². The van der Waals surface area contributed by atoms with Gasteiger partial charge in [-0.05, 0) is 12.1 Å². The van der Waals surface area contributed by atoms with Gasteiger partial charge in [-0.15, -0.1) is 0 Å². The Morgan fingerprint density at radius 2 is 1.74 bits per heavy atom. The van der Waals surface area contributed by atoms with E-state index < -0.39 is 30.4 Å². The van der Waals surface area contributed by atoms with E-state index in [1.807, 2.05) is 0 Å². The third-order valence-electron chi connectivity index (χ3n) is 2.22. The lowest BCUT2D eigenvalue weighted by Crippen LogP contribution is -2.41. The Labute approximate surface area is 109 Å². The molecular formula is C12H14N2O5. The van der Waals surface area contributed by atoms with Crippen molar-refractivity contribution in [1.82, 2.24) is 10.6 Å². The van der Waals surface area contributed by atoms with E-state index in [9.17, 15) is 14.4 Å². The number of benzene rings is 1. The summed E-state index contributed by atoms with van der Waals surface area (Å²) in [5.41, 5.74) is 0.417. The normalized spacial score (nSPS) is 11.4. The van der Waals surface area contributed by atoms with E-state index >= 15 is 0 Å². The van der Waals surface area contributed by atoms with Crippen molar-refractivity contribution in [3.8, 4) is 0 Å². The fourth-order valence-corrected chi connectivity index (χ4v) is 1.21. The van der Waals surface area contributed by atoms with Crippen LogP contribution in [-0.2, 0) is 9.59 Å². The van der Waals surface area contributed by atoms with Gasteiger partial charge in [-0.3, -0.25) is 9.59 Å². The molecule has 1 aromatic carbocycles. The minimum absolute atomic E-state index is 0.292. The zero-order valence-corrected chi connectivity index (χ0v) is 10.00. The van der Waals surface area contributed by atoms with Crippen molar-refractivity contribution in [2.45, 2.75) is 6.10 Å². The van der Waals surface area contributed by atoms with Gasteiger partial charge in [-0.2, -0.15) is 0 Å². The Kier molecular flexibility index (Phi) is 5.49. The number of aliphatic carboxylic acids is 1. The minimum atomic E-state index is -1.66. The average molecular weight is 266 g/mol. The second-order valence-electron chi connectivity index (χ2n) is 3.71. The molecule has 0 aliphatic carbocycles. The number of hydrogen-bond acceptors (Lipinski definition) is 4. The number of aliphatic hydroxyl groups is 1. The fraction of sp³-hybridized carbons (Fsp3) is 0.250. The molecule has 4 N–H and O–H groups in total. The molecule has 0 spiro atoms. The van der Waals surface area contributed by atoms with Gasteiger partial charge in [0.1, 0.15) is 0 Å². The van der Waals surface area contributed by atoms with Gasteiger partial charge in [0.25, 0.3) is 5.91 Å². The zero-order valence-electron chi connectivity index (χ0n) is 10.00. The molecule has 0 aliphatic heterocycles. The van der Waals surface area contributed by atoms with Crippen LogP contribution in [0.4, 0.5) is 0 Å². The maximum atomic E-state index is 11.6. The molecule has 0 aliphatic rings. The van der Waals surface area contributed by atoms with Gasteiger partial charge in [-0.1, -0.05) is 18.2 Å². The maximum Gasteiger partial charge on any atom is 0.334 e. The summed E-state index contributed by atoms with van der Waals surface area (Å²) < 4.78 is 0. The molecule has 1 aromatic rings. The van der Waals surface area contributed by atoms with Gasteiger partial charge in [0.15, 0.2) is 6.10 Å². The lowest BCUT2D eigenvalue weighted by atomic mass is 10.2. The molecule has 0 aromatic heterocycles. The van der Waals surface area contributed by atoms with Crippen LogP contribution in [0.3, 0.4) is 0 Å². The largest absolute Gasteiger partial charge is 0.479 e. The molecule has 0 radical (unpaired) electrons. The van der Waals surface area contributed by atoms with Crippen molar-refractivity contribution >= 4 is 17.8 Å². The Morgan fingerprint density at radius 3 is 2.32 bits per heavy atom. The first-order chi connectivity index (χ1) is 9.00. The first-order valence-electron chi connectivity index (χ1n) is 5.51. The third-order valence-corrected chi connectivity index (χ3v) is 2.22. The topological polar surface area (TPSA) is 116 Å². The highest BCUT2D eigenvalue weighted by Gasteiger charge is 2.14. The van der Waals surface area contributed by atoms with E-state index in [1.54, 1.807) is 30.3 Å². The zero-order chi connectivity index (χ0) is 14.3. The van der Waals surface area contributed by atoms with Gasteiger partial charge in [0.2, 0.25) is 5.91 Å². The Balaban J connectivity index is 2.31. The van der Waals surface area contributed by atoms with Crippen molar-refractivity contribution in [3.05, 3.63) is 35.9 Å². The number of nitrogens with one attached hydrogen (secondary N) is 2. The molecule has 1 atom stereocenters. The van der Waals surface area contributed by atoms with E-state index in [0.29, 0.717) is 5.56 Å². The van der Waals surface area contributed by atoms with Crippen LogP contribution in [-0.4, -0.2) is 47.2 Å². The van der Waals surface area contributed by atoms with Gasteiger partial charge in [0.05, 0.1) is 13.1 Å². The molecule has 19 heavy (non-hydrogen) atoms. The minimum Gasteiger partial charge on any atom is -0.479 e. The summed E-state index contributed by atoms with van der Waals surface area (Å²) in [6.07, 6.45) is -1.66. The number of carboxylic acids is 1. The first kappa shape index (κ1) is 14.7. The van der Waals surface area contributed by atoms with E-state index in [4.69, 9.17) is 10.2 Å². The summed E-state index contributed by atoms with van der Waals surface area (Å²) in [4.78, 5) is 33.1. The van der Waals surface area contributed by atoms with Crippen molar-refractivity contribution in [2.75, 3.05) is 13.1 Å². The number of aliphatic hydroxyl groups excluding tert-OH is 1. The Bertz CT molecular complexity index is 460. The van der Waals surface area contributed by atoms with Crippen LogP contribution in [0.2, 0.25) is 0 Å². The highest BCUT2D eigenvalue weighted by Crippen LogP contribution is 1.97. The predicted octanol–water partition coefficient (Wildman–Crippen LogP) is -1.02. The lowest BCUT2D eigenvalue weighted by molar-refractivity contribution is -0.146. The number of carbonyl (C=O) groups is 3. The molecule has 7 heteroatoms. The number of rotatable bonds is 6. The third kappa shape index (κ3) is 5.17. The van der Waals surface area contributed by atoms with Crippen LogP contribution >= 0.6 is 0 Å². The molecular weight excluding hydrogens is 252 g/mol. The monoisotopic (exact) mass is 266 g/mol. The lowest BCUT2D eigenvalue weighted by Gasteiger charge is -2.08. The molecule has 0 heterocycles. The maximum absolute atomic E-state index is 11.6. The quantitative estimate of drug-likeness (QED) is 0.526. The van der Waals surface area contributed by atoms with E-state index in [0.717, 1.165) is 0 Å². The van der Waals surface area contributed by atoms with Crippen LogP contribution in [0.5, 0.6) is 0 Å². The van der Waals surface area contributed by atoms with Crippen molar-refractivity contribution in [1.29, 1.82) is 0 Å². The van der Waals surface area contributed by atoms with E-state index in [2.05, 4.69) is 10.6 Å². The number of hydrogen-bond donors (Lipinski definition) is 4. The van der Waals surface area contributed by atoms with Crippen LogP contribution in [0.1, 0.15) is 10.4 Å². The van der Waals surface area contributed by atoms with E-state index in [-0.39, 0.29) is 6.54 Å². The smallest absolute Gasteiger partial charge is 0.334 e. The molecule has 7 nitrogen and oxygen atoms in total.